The number of nitrogens with zero attached hydrogens (tertiary/aromatic N) is 1. The zero-order valence-corrected chi connectivity index (χ0v) is 10.1. The maximum atomic E-state index is 11.6. The van der Waals surface area contributed by atoms with E-state index >= 15 is 0 Å². The molecule has 1 heterocycles. The van der Waals surface area contributed by atoms with E-state index in [0.29, 0.717) is 27.6 Å². The molecule has 4 nitrogen and oxygen atoms in total. The monoisotopic (exact) mass is 251 g/mol. The normalized spacial score (nSPS) is 10.3. The van der Waals surface area contributed by atoms with E-state index in [1.807, 2.05) is 0 Å². The van der Waals surface area contributed by atoms with Crippen molar-refractivity contribution in [2.24, 2.45) is 0 Å². The van der Waals surface area contributed by atoms with Gasteiger partial charge in [0.05, 0.1) is 17.8 Å². The van der Waals surface area contributed by atoms with Gasteiger partial charge in [0.2, 0.25) is 0 Å². The van der Waals surface area contributed by atoms with Crippen LogP contribution in [0, 0.1) is 6.92 Å². The van der Waals surface area contributed by atoms with E-state index < -0.39 is 5.97 Å². The zero-order chi connectivity index (χ0) is 12.4. The van der Waals surface area contributed by atoms with Crippen LogP contribution in [0.4, 0.5) is 0 Å². The number of aromatic nitrogens is 1. The molecule has 0 aliphatic heterocycles. The largest absolute Gasteiger partial charge is 0.465 e. The Labute approximate surface area is 103 Å². The molecule has 2 aromatic rings. The number of hydrogen-bond acceptors (Lipinski definition) is 4. The smallest absolute Gasteiger partial charge is 0.343 e. The summed E-state index contributed by atoms with van der Waals surface area (Å²) >= 11 is 6.05. The Kier molecular flexibility index (Phi) is 3.15. The standard InChI is InChI=1S/C12H10ClNO3/c1-7-10(12(15)16-2)11(17-14-7)8-5-3-4-6-9(8)13/h3-6H,1-2H3. The molecule has 0 radical (unpaired) electrons. The van der Waals surface area contributed by atoms with Gasteiger partial charge in [0.25, 0.3) is 0 Å². The highest BCUT2D eigenvalue weighted by atomic mass is 35.5. The summed E-state index contributed by atoms with van der Waals surface area (Å²) in [5, 5.41) is 4.26. The van der Waals surface area contributed by atoms with Crippen molar-refractivity contribution in [1.29, 1.82) is 0 Å². The van der Waals surface area contributed by atoms with E-state index in [-0.39, 0.29) is 0 Å². The average molecular weight is 252 g/mol. The number of aryl methyl sites for hydroxylation is 1. The molecule has 88 valence electrons. The van der Waals surface area contributed by atoms with E-state index in [9.17, 15) is 4.79 Å². The second kappa shape index (κ2) is 4.59. The first kappa shape index (κ1) is 11.7. The molecule has 0 saturated carbocycles. The van der Waals surface area contributed by atoms with Gasteiger partial charge >= 0.3 is 5.97 Å². The van der Waals surface area contributed by atoms with Gasteiger partial charge in [0.1, 0.15) is 5.56 Å². The third-order valence-corrected chi connectivity index (χ3v) is 2.70. The van der Waals surface area contributed by atoms with E-state index in [4.69, 9.17) is 20.9 Å². The number of ether oxygens (including phenoxy) is 1. The summed E-state index contributed by atoms with van der Waals surface area (Å²) in [6.45, 7) is 1.68. The summed E-state index contributed by atoms with van der Waals surface area (Å²) in [5.74, 6) is -0.154. The van der Waals surface area contributed by atoms with Crippen molar-refractivity contribution < 1.29 is 14.1 Å². The van der Waals surface area contributed by atoms with Gasteiger partial charge in [-0.15, -0.1) is 0 Å². The molecular weight excluding hydrogens is 242 g/mol. The number of carbonyl (C=O) groups excluding carboxylic acids is 1. The molecule has 0 N–H and O–H groups in total. The van der Waals surface area contributed by atoms with Crippen LogP contribution < -0.4 is 0 Å². The van der Waals surface area contributed by atoms with Crippen LogP contribution in [0.25, 0.3) is 11.3 Å². The number of carbonyl (C=O) groups is 1. The molecule has 0 saturated heterocycles. The Morgan fingerprint density at radius 3 is 2.76 bits per heavy atom. The molecule has 0 bridgehead atoms. The first-order valence-electron chi connectivity index (χ1n) is 4.94. The van der Waals surface area contributed by atoms with Crippen molar-refractivity contribution in [3.05, 3.63) is 40.5 Å². The third kappa shape index (κ3) is 2.03. The lowest BCUT2D eigenvalue weighted by atomic mass is 10.1. The molecule has 0 aliphatic rings. The number of methoxy groups -OCH3 is 1. The van der Waals surface area contributed by atoms with Crippen molar-refractivity contribution in [2.75, 3.05) is 7.11 Å². The highest BCUT2D eigenvalue weighted by Crippen LogP contribution is 2.32. The van der Waals surface area contributed by atoms with Crippen molar-refractivity contribution in [1.82, 2.24) is 5.16 Å². The highest BCUT2D eigenvalue weighted by molar-refractivity contribution is 6.33. The summed E-state index contributed by atoms with van der Waals surface area (Å²) in [6, 6.07) is 7.08. The summed E-state index contributed by atoms with van der Waals surface area (Å²) in [4.78, 5) is 11.6. The molecule has 0 amide bonds. The molecule has 1 aromatic carbocycles. The van der Waals surface area contributed by atoms with Crippen LogP contribution in [0.15, 0.2) is 28.8 Å². The molecule has 5 heteroatoms. The van der Waals surface area contributed by atoms with Crippen molar-refractivity contribution in [3.8, 4) is 11.3 Å². The van der Waals surface area contributed by atoms with Gasteiger partial charge in [0, 0.05) is 5.56 Å². The maximum absolute atomic E-state index is 11.6. The third-order valence-electron chi connectivity index (χ3n) is 2.37. The minimum absolute atomic E-state index is 0.306. The second-order valence-corrected chi connectivity index (χ2v) is 3.85. The SMILES string of the molecule is COC(=O)c1c(C)noc1-c1ccccc1Cl. The molecule has 1 aromatic heterocycles. The number of halogens is 1. The van der Waals surface area contributed by atoms with Crippen molar-refractivity contribution in [3.63, 3.8) is 0 Å². The Balaban J connectivity index is 2.61. The Morgan fingerprint density at radius 2 is 2.12 bits per heavy atom. The summed E-state index contributed by atoms with van der Waals surface area (Å²) in [6.07, 6.45) is 0. The fourth-order valence-corrected chi connectivity index (χ4v) is 1.76. The summed E-state index contributed by atoms with van der Waals surface area (Å²) in [7, 11) is 1.31. The topological polar surface area (TPSA) is 52.3 Å². The fourth-order valence-electron chi connectivity index (χ4n) is 1.54. The van der Waals surface area contributed by atoms with Gasteiger partial charge in [-0.2, -0.15) is 0 Å². The van der Waals surface area contributed by atoms with Crippen molar-refractivity contribution >= 4 is 17.6 Å². The van der Waals surface area contributed by atoms with Crippen LogP contribution in [0.2, 0.25) is 5.02 Å². The van der Waals surface area contributed by atoms with Crippen LogP contribution in [-0.2, 0) is 4.74 Å². The molecule has 0 unspecified atom stereocenters. The van der Waals surface area contributed by atoms with Gasteiger partial charge < -0.3 is 9.26 Å². The molecule has 0 fully saturated rings. The van der Waals surface area contributed by atoms with Crippen LogP contribution in [0.5, 0.6) is 0 Å². The lowest BCUT2D eigenvalue weighted by Crippen LogP contribution is -2.03. The number of benzene rings is 1. The second-order valence-electron chi connectivity index (χ2n) is 3.44. The fraction of sp³-hybridized carbons (Fsp3) is 0.167. The number of esters is 1. The minimum atomic E-state index is -0.487. The van der Waals surface area contributed by atoms with Crippen LogP contribution in [-0.4, -0.2) is 18.2 Å². The minimum Gasteiger partial charge on any atom is -0.465 e. The average Bonchev–Trinajstić information content (AvgIpc) is 2.71. The predicted molar refractivity (Wildman–Crippen MR) is 63.0 cm³/mol. The van der Waals surface area contributed by atoms with E-state index in [0.717, 1.165) is 0 Å². The lowest BCUT2D eigenvalue weighted by Gasteiger charge is -2.02. The molecule has 0 aliphatic carbocycles. The Morgan fingerprint density at radius 1 is 1.41 bits per heavy atom. The van der Waals surface area contributed by atoms with Crippen LogP contribution in [0.3, 0.4) is 0 Å². The molecular formula is C12H10ClNO3. The summed E-state index contributed by atoms with van der Waals surface area (Å²) in [5.41, 5.74) is 1.41. The first-order chi connectivity index (χ1) is 8.15. The van der Waals surface area contributed by atoms with E-state index in [1.165, 1.54) is 7.11 Å². The predicted octanol–water partition coefficient (Wildman–Crippen LogP) is 3.09. The van der Waals surface area contributed by atoms with E-state index in [1.54, 1.807) is 31.2 Å². The van der Waals surface area contributed by atoms with Crippen LogP contribution >= 0.6 is 11.6 Å². The van der Waals surface area contributed by atoms with E-state index in [2.05, 4.69) is 5.16 Å². The van der Waals surface area contributed by atoms with Crippen LogP contribution in [0.1, 0.15) is 16.1 Å². The molecule has 17 heavy (non-hydrogen) atoms. The zero-order valence-electron chi connectivity index (χ0n) is 9.36. The van der Waals surface area contributed by atoms with Gasteiger partial charge in [-0.05, 0) is 19.1 Å². The lowest BCUT2D eigenvalue weighted by molar-refractivity contribution is 0.0600. The number of rotatable bonds is 2. The van der Waals surface area contributed by atoms with Crippen molar-refractivity contribution in [2.45, 2.75) is 6.92 Å². The van der Waals surface area contributed by atoms with Gasteiger partial charge in [-0.3, -0.25) is 0 Å². The van der Waals surface area contributed by atoms with Gasteiger partial charge in [-0.25, -0.2) is 4.79 Å². The molecule has 0 atom stereocenters. The summed E-state index contributed by atoms with van der Waals surface area (Å²) < 4.78 is 9.85. The Hall–Kier alpha value is -1.81. The molecule has 2 rings (SSSR count). The van der Waals surface area contributed by atoms with Gasteiger partial charge in [0.15, 0.2) is 5.76 Å². The highest BCUT2D eigenvalue weighted by Gasteiger charge is 2.23. The first-order valence-corrected chi connectivity index (χ1v) is 5.32. The number of hydrogen-bond donors (Lipinski definition) is 0. The van der Waals surface area contributed by atoms with Gasteiger partial charge in [-0.1, -0.05) is 28.9 Å². The Bertz CT molecular complexity index is 563. The quantitative estimate of drug-likeness (QED) is 0.770. The molecule has 0 spiro atoms. The maximum Gasteiger partial charge on any atom is 0.343 e.